The van der Waals surface area contributed by atoms with Crippen LogP contribution in [0.4, 0.5) is 5.95 Å². The molecule has 6 nitrogen and oxygen atoms in total. The number of carbonyl (C=O) groups excluding carboxylic acids is 1. The van der Waals surface area contributed by atoms with E-state index < -0.39 is 0 Å². The Hall–Kier alpha value is -2.05. The van der Waals surface area contributed by atoms with Gasteiger partial charge < -0.3 is 16.4 Å². The lowest BCUT2D eigenvalue weighted by atomic mass is 10.00. The smallest absolute Gasteiger partial charge is 0.227 e. The minimum Gasteiger partial charge on any atom is -0.399 e. The molecule has 1 aliphatic rings. The number of allylic oxidation sites excluding steroid dienone is 5. The van der Waals surface area contributed by atoms with Crippen LogP contribution >= 0.6 is 23.2 Å². The fourth-order valence-corrected chi connectivity index (χ4v) is 3.36. The largest absolute Gasteiger partial charge is 0.399 e. The summed E-state index contributed by atoms with van der Waals surface area (Å²) in [6.45, 7) is 5.63. The second-order valence-corrected chi connectivity index (χ2v) is 7.36. The maximum absolute atomic E-state index is 10.8. The zero-order valence-corrected chi connectivity index (χ0v) is 17.3. The van der Waals surface area contributed by atoms with Crippen LogP contribution in [0.15, 0.2) is 39.2 Å². The molecule has 8 heteroatoms. The summed E-state index contributed by atoms with van der Waals surface area (Å²) in [7, 11) is 0. The molecule has 0 saturated carbocycles. The number of aryl methyl sites for hydroxylation is 2. The van der Waals surface area contributed by atoms with E-state index in [4.69, 9.17) is 28.9 Å². The third-order valence-corrected chi connectivity index (χ3v) is 5.24. The summed E-state index contributed by atoms with van der Waals surface area (Å²) in [6, 6.07) is 1.57. The monoisotopic (exact) mass is 409 g/mol. The van der Waals surface area contributed by atoms with Gasteiger partial charge in [-0.1, -0.05) is 29.3 Å². The first-order chi connectivity index (χ1) is 12.8. The molecule has 1 aromatic heterocycles. The Bertz CT molecular complexity index is 781. The summed E-state index contributed by atoms with van der Waals surface area (Å²) in [4.78, 5) is 19.6. The highest BCUT2D eigenvalue weighted by atomic mass is 35.5. The molecule has 2 rings (SSSR count). The van der Waals surface area contributed by atoms with Crippen molar-refractivity contribution in [1.29, 1.82) is 0 Å². The minimum atomic E-state index is -0.328. The molecule has 0 aromatic carbocycles. The molecular formula is C19H25Cl2N5O. The van der Waals surface area contributed by atoms with E-state index in [1.807, 2.05) is 26.8 Å². The predicted molar refractivity (Wildman–Crippen MR) is 110 cm³/mol. The van der Waals surface area contributed by atoms with Crippen LogP contribution in [0.25, 0.3) is 0 Å². The number of nitrogens with zero attached hydrogens (tertiary/aromatic N) is 2. The molecule has 27 heavy (non-hydrogen) atoms. The third-order valence-electron chi connectivity index (χ3n) is 4.30. The summed E-state index contributed by atoms with van der Waals surface area (Å²) in [5.74, 6) is 0.473. The van der Waals surface area contributed by atoms with Gasteiger partial charge in [0.25, 0.3) is 0 Å². The van der Waals surface area contributed by atoms with Crippen molar-refractivity contribution in [2.24, 2.45) is 5.73 Å². The van der Waals surface area contributed by atoms with E-state index in [2.05, 4.69) is 26.7 Å². The summed E-state index contributed by atoms with van der Waals surface area (Å²) < 4.78 is 0. The molecule has 1 heterocycles. The first-order valence-electron chi connectivity index (χ1n) is 8.83. The Morgan fingerprint density at radius 1 is 1.33 bits per heavy atom. The highest BCUT2D eigenvalue weighted by Gasteiger charge is 2.17. The molecule has 1 atom stereocenters. The van der Waals surface area contributed by atoms with E-state index in [0.29, 0.717) is 41.0 Å². The summed E-state index contributed by atoms with van der Waals surface area (Å²) in [5.41, 5.74) is 10.3. The van der Waals surface area contributed by atoms with Gasteiger partial charge in [0.05, 0.1) is 16.8 Å². The molecular weight excluding hydrogens is 385 g/mol. The highest BCUT2D eigenvalue weighted by molar-refractivity contribution is 6.40. The molecule has 0 aliphatic heterocycles. The summed E-state index contributed by atoms with van der Waals surface area (Å²) in [6.07, 6.45) is 5.61. The molecule has 0 saturated heterocycles. The van der Waals surface area contributed by atoms with Crippen molar-refractivity contribution >= 4 is 35.6 Å². The lowest BCUT2D eigenvalue weighted by Crippen LogP contribution is -2.32. The average molecular weight is 410 g/mol. The molecule has 4 N–H and O–H groups in total. The Labute approximate surface area is 169 Å². The van der Waals surface area contributed by atoms with Crippen LogP contribution in [0, 0.1) is 13.8 Å². The fourth-order valence-electron chi connectivity index (χ4n) is 2.87. The Balaban J connectivity index is 2.26. The van der Waals surface area contributed by atoms with Crippen LogP contribution in [0.5, 0.6) is 0 Å². The zero-order valence-electron chi connectivity index (χ0n) is 15.8. The van der Waals surface area contributed by atoms with Gasteiger partial charge in [-0.25, -0.2) is 9.97 Å². The van der Waals surface area contributed by atoms with Crippen LogP contribution < -0.4 is 16.4 Å². The quantitative estimate of drug-likeness (QED) is 0.564. The molecule has 0 spiro atoms. The number of halogens is 2. The number of rotatable bonds is 8. The molecule has 1 amide bonds. The molecule has 0 bridgehead atoms. The molecule has 1 aromatic rings. The minimum absolute atomic E-state index is 0.328. The highest BCUT2D eigenvalue weighted by Crippen LogP contribution is 2.34. The molecule has 1 aliphatic carbocycles. The van der Waals surface area contributed by atoms with E-state index in [0.717, 1.165) is 35.5 Å². The lowest BCUT2D eigenvalue weighted by molar-refractivity contribution is -0.109. The summed E-state index contributed by atoms with van der Waals surface area (Å²) >= 11 is 12.5. The number of nitrogens with one attached hydrogen (secondary N) is 2. The van der Waals surface area contributed by atoms with Gasteiger partial charge in [-0.3, -0.25) is 4.79 Å². The van der Waals surface area contributed by atoms with Crippen molar-refractivity contribution in [3.63, 3.8) is 0 Å². The van der Waals surface area contributed by atoms with E-state index in [-0.39, 0.29) is 6.04 Å². The second-order valence-electron chi connectivity index (χ2n) is 6.53. The van der Waals surface area contributed by atoms with Gasteiger partial charge in [0.15, 0.2) is 0 Å². The van der Waals surface area contributed by atoms with Crippen molar-refractivity contribution < 1.29 is 4.79 Å². The van der Waals surface area contributed by atoms with Gasteiger partial charge in [0, 0.05) is 22.1 Å². The average Bonchev–Trinajstić information content (AvgIpc) is 2.60. The normalized spacial score (nSPS) is 16.4. The Morgan fingerprint density at radius 3 is 2.63 bits per heavy atom. The van der Waals surface area contributed by atoms with Crippen LogP contribution in [0.1, 0.15) is 44.0 Å². The number of hydrogen-bond donors (Lipinski definition) is 3. The van der Waals surface area contributed by atoms with Gasteiger partial charge in [-0.05, 0) is 58.1 Å². The van der Waals surface area contributed by atoms with E-state index in [1.165, 1.54) is 0 Å². The number of carbonyl (C=O) groups is 1. The maximum atomic E-state index is 10.8. The Kier molecular flexibility index (Phi) is 7.68. The van der Waals surface area contributed by atoms with Crippen molar-refractivity contribution in [2.45, 2.75) is 52.5 Å². The second kappa shape index (κ2) is 9.76. The molecule has 0 fully saturated rings. The van der Waals surface area contributed by atoms with Gasteiger partial charge in [0.1, 0.15) is 0 Å². The van der Waals surface area contributed by atoms with Gasteiger partial charge >= 0.3 is 0 Å². The van der Waals surface area contributed by atoms with Crippen LogP contribution in [-0.4, -0.2) is 22.4 Å². The molecule has 1 unspecified atom stereocenters. The fraction of sp³-hybridized carbons (Fsp3) is 0.421. The van der Waals surface area contributed by atoms with Crippen LogP contribution in [0.3, 0.4) is 0 Å². The van der Waals surface area contributed by atoms with E-state index >= 15 is 0 Å². The van der Waals surface area contributed by atoms with Gasteiger partial charge in [0.2, 0.25) is 12.4 Å². The summed E-state index contributed by atoms with van der Waals surface area (Å²) in [5, 5.41) is 7.20. The molecule has 0 radical (unpaired) electrons. The standard InChI is InChI=1S/C19H25Cl2N5O/c1-11-9-12(2)25-19(24-11)26-16(18(22)13(3)23-10-27)8-7-14-5-4-6-15(20)17(14)21/h5,9-10,13H,4,6-8,22H2,1-3H3,(H,23,27)(H,24,25,26)/b18-16-. The van der Waals surface area contributed by atoms with Gasteiger partial charge in [-0.2, -0.15) is 0 Å². The van der Waals surface area contributed by atoms with Crippen molar-refractivity contribution in [3.05, 3.63) is 50.6 Å². The lowest BCUT2D eigenvalue weighted by Gasteiger charge is -2.20. The van der Waals surface area contributed by atoms with Crippen LogP contribution in [-0.2, 0) is 4.79 Å². The molecule has 146 valence electrons. The van der Waals surface area contributed by atoms with Crippen molar-refractivity contribution in [1.82, 2.24) is 15.3 Å². The SMILES string of the molecule is Cc1cc(C)nc(N/C(CCC2=CCCC(Cl)=C2Cl)=C(\N)C(C)NC=O)n1. The first kappa shape index (κ1) is 21.3. The van der Waals surface area contributed by atoms with Gasteiger partial charge in [-0.15, -0.1) is 0 Å². The number of hydrogen-bond acceptors (Lipinski definition) is 5. The first-order valence-corrected chi connectivity index (χ1v) is 9.58. The van der Waals surface area contributed by atoms with E-state index in [1.54, 1.807) is 0 Å². The number of nitrogens with two attached hydrogens (primary N) is 1. The number of aromatic nitrogens is 2. The Morgan fingerprint density at radius 2 is 2.00 bits per heavy atom. The van der Waals surface area contributed by atoms with Crippen molar-refractivity contribution in [2.75, 3.05) is 5.32 Å². The number of amides is 1. The third kappa shape index (κ3) is 5.97. The maximum Gasteiger partial charge on any atom is 0.227 e. The van der Waals surface area contributed by atoms with Crippen molar-refractivity contribution in [3.8, 4) is 0 Å². The van der Waals surface area contributed by atoms with E-state index in [9.17, 15) is 4.79 Å². The predicted octanol–water partition coefficient (Wildman–Crippen LogP) is 4.00. The topological polar surface area (TPSA) is 92.9 Å². The van der Waals surface area contributed by atoms with Crippen LogP contribution in [0.2, 0.25) is 0 Å². The zero-order chi connectivity index (χ0) is 20.0. The number of anilines is 1.